The van der Waals surface area contributed by atoms with Gasteiger partial charge in [-0.05, 0) is 30.2 Å². The SMILES string of the molecule is Cc1ccc2c(-c3ccccc3)c([N+](=O)[O-])oc2c1. The third-order valence-electron chi connectivity index (χ3n) is 3.06. The fourth-order valence-corrected chi connectivity index (χ4v) is 2.20. The fourth-order valence-electron chi connectivity index (χ4n) is 2.20. The number of hydrogen-bond donors (Lipinski definition) is 0. The highest BCUT2D eigenvalue weighted by Gasteiger charge is 2.24. The molecular formula is C15H11NO3. The lowest BCUT2D eigenvalue weighted by molar-refractivity contribution is -0.400. The average Bonchev–Trinajstić information content (AvgIpc) is 2.78. The second kappa shape index (κ2) is 4.24. The predicted octanol–water partition coefficient (Wildman–Crippen LogP) is 4.32. The lowest BCUT2D eigenvalue weighted by Crippen LogP contribution is -1.87. The quantitative estimate of drug-likeness (QED) is 0.505. The Hall–Kier alpha value is -2.62. The second-order valence-corrected chi connectivity index (χ2v) is 4.40. The van der Waals surface area contributed by atoms with Crippen LogP contribution in [0.25, 0.3) is 22.1 Å². The smallest absolute Gasteiger partial charge is 0.400 e. The summed E-state index contributed by atoms with van der Waals surface area (Å²) in [5.41, 5.74) is 2.89. The van der Waals surface area contributed by atoms with Crippen LogP contribution < -0.4 is 0 Å². The molecule has 4 nitrogen and oxygen atoms in total. The molecule has 0 aliphatic carbocycles. The minimum Gasteiger partial charge on any atom is -0.400 e. The van der Waals surface area contributed by atoms with Crippen molar-refractivity contribution in [2.24, 2.45) is 0 Å². The molecule has 0 aliphatic heterocycles. The normalized spacial score (nSPS) is 10.8. The van der Waals surface area contributed by atoms with Crippen molar-refractivity contribution in [2.75, 3.05) is 0 Å². The Morgan fingerprint density at radius 2 is 1.84 bits per heavy atom. The van der Waals surface area contributed by atoms with E-state index in [0.717, 1.165) is 16.5 Å². The van der Waals surface area contributed by atoms with Crippen LogP contribution in [0.2, 0.25) is 0 Å². The summed E-state index contributed by atoms with van der Waals surface area (Å²) in [4.78, 5) is 10.7. The molecule has 94 valence electrons. The Kier molecular flexibility index (Phi) is 2.56. The molecule has 19 heavy (non-hydrogen) atoms. The summed E-state index contributed by atoms with van der Waals surface area (Å²) < 4.78 is 5.40. The largest absolute Gasteiger partial charge is 0.442 e. The van der Waals surface area contributed by atoms with Crippen LogP contribution in [0.1, 0.15) is 5.56 Å². The van der Waals surface area contributed by atoms with Gasteiger partial charge in [0.15, 0.2) is 0 Å². The van der Waals surface area contributed by atoms with Gasteiger partial charge in [0.05, 0.1) is 0 Å². The van der Waals surface area contributed by atoms with Gasteiger partial charge in [-0.15, -0.1) is 0 Å². The minimum absolute atomic E-state index is 0.202. The topological polar surface area (TPSA) is 56.3 Å². The van der Waals surface area contributed by atoms with Gasteiger partial charge in [0.25, 0.3) is 0 Å². The van der Waals surface area contributed by atoms with E-state index in [1.807, 2.05) is 55.5 Å². The Balaban J connectivity index is 2.38. The average molecular weight is 253 g/mol. The molecule has 3 aromatic rings. The lowest BCUT2D eigenvalue weighted by Gasteiger charge is -1.97. The van der Waals surface area contributed by atoms with E-state index < -0.39 is 4.92 Å². The summed E-state index contributed by atoms with van der Waals surface area (Å²) in [6.07, 6.45) is 0. The van der Waals surface area contributed by atoms with E-state index >= 15 is 0 Å². The van der Waals surface area contributed by atoms with Crippen LogP contribution in [0.3, 0.4) is 0 Å². The molecule has 0 spiro atoms. The van der Waals surface area contributed by atoms with Crippen molar-refractivity contribution < 1.29 is 9.34 Å². The zero-order valence-corrected chi connectivity index (χ0v) is 10.3. The van der Waals surface area contributed by atoms with Crippen LogP contribution in [-0.4, -0.2) is 4.92 Å². The molecule has 3 rings (SSSR count). The molecule has 4 heteroatoms. The van der Waals surface area contributed by atoms with Crippen molar-refractivity contribution >= 4 is 16.9 Å². The monoisotopic (exact) mass is 253 g/mol. The van der Waals surface area contributed by atoms with Crippen LogP contribution in [0.5, 0.6) is 0 Å². The first-order valence-corrected chi connectivity index (χ1v) is 5.90. The Morgan fingerprint density at radius 1 is 1.11 bits per heavy atom. The molecular weight excluding hydrogens is 242 g/mol. The highest BCUT2D eigenvalue weighted by molar-refractivity contribution is 5.98. The van der Waals surface area contributed by atoms with Crippen molar-refractivity contribution in [3.05, 3.63) is 64.2 Å². The van der Waals surface area contributed by atoms with Gasteiger partial charge in [0, 0.05) is 5.39 Å². The van der Waals surface area contributed by atoms with Crippen molar-refractivity contribution in [3.63, 3.8) is 0 Å². The van der Waals surface area contributed by atoms with E-state index in [9.17, 15) is 10.1 Å². The summed E-state index contributed by atoms with van der Waals surface area (Å²) in [5, 5.41) is 11.9. The molecule has 2 aromatic carbocycles. The Morgan fingerprint density at radius 3 is 2.53 bits per heavy atom. The zero-order valence-electron chi connectivity index (χ0n) is 10.3. The van der Waals surface area contributed by atoms with Crippen LogP contribution >= 0.6 is 0 Å². The van der Waals surface area contributed by atoms with E-state index in [1.165, 1.54) is 0 Å². The number of rotatable bonds is 2. The predicted molar refractivity (Wildman–Crippen MR) is 73.0 cm³/mol. The standard InChI is InChI=1S/C15H11NO3/c1-10-7-8-12-13(9-10)19-15(16(17)18)14(12)11-5-3-2-4-6-11/h2-9H,1H3. The molecule has 0 saturated carbocycles. The van der Waals surface area contributed by atoms with Crippen molar-refractivity contribution in [2.45, 2.75) is 6.92 Å². The first-order chi connectivity index (χ1) is 9.16. The van der Waals surface area contributed by atoms with Gasteiger partial charge in [0.2, 0.25) is 0 Å². The van der Waals surface area contributed by atoms with Crippen molar-refractivity contribution in [1.82, 2.24) is 0 Å². The lowest BCUT2D eigenvalue weighted by atomic mass is 10.0. The van der Waals surface area contributed by atoms with Gasteiger partial charge in [-0.3, -0.25) is 10.1 Å². The van der Waals surface area contributed by atoms with E-state index in [1.54, 1.807) is 0 Å². The molecule has 0 saturated heterocycles. The third kappa shape index (κ3) is 1.87. The molecule has 1 heterocycles. The number of benzene rings is 2. The number of nitro groups is 1. The molecule has 0 bridgehead atoms. The van der Waals surface area contributed by atoms with E-state index in [-0.39, 0.29) is 5.88 Å². The fraction of sp³-hybridized carbons (Fsp3) is 0.0667. The van der Waals surface area contributed by atoms with Gasteiger partial charge >= 0.3 is 5.88 Å². The Bertz CT molecular complexity index is 760. The van der Waals surface area contributed by atoms with Crippen molar-refractivity contribution in [1.29, 1.82) is 0 Å². The molecule has 0 N–H and O–H groups in total. The number of aryl methyl sites for hydroxylation is 1. The summed E-state index contributed by atoms with van der Waals surface area (Å²) >= 11 is 0. The summed E-state index contributed by atoms with van der Waals surface area (Å²) in [7, 11) is 0. The van der Waals surface area contributed by atoms with Gasteiger partial charge in [-0.25, -0.2) is 0 Å². The first kappa shape index (κ1) is 11.5. The van der Waals surface area contributed by atoms with Crippen LogP contribution in [0.15, 0.2) is 52.9 Å². The third-order valence-corrected chi connectivity index (χ3v) is 3.06. The maximum absolute atomic E-state index is 11.2. The molecule has 0 aliphatic rings. The van der Waals surface area contributed by atoms with E-state index in [0.29, 0.717) is 11.1 Å². The van der Waals surface area contributed by atoms with Gasteiger partial charge in [0.1, 0.15) is 16.1 Å². The maximum Gasteiger partial charge on any atom is 0.442 e. The number of hydrogen-bond acceptors (Lipinski definition) is 3. The number of fused-ring (bicyclic) bond motifs is 1. The highest BCUT2D eigenvalue weighted by Crippen LogP contribution is 2.39. The van der Waals surface area contributed by atoms with Crippen LogP contribution in [-0.2, 0) is 0 Å². The van der Waals surface area contributed by atoms with E-state index in [4.69, 9.17) is 4.42 Å². The van der Waals surface area contributed by atoms with Gasteiger partial charge in [-0.1, -0.05) is 36.4 Å². The Labute approximate surface area is 109 Å². The molecule has 0 amide bonds. The second-order valence-electron chi connectivity index (χ2n) is 4.40. The first-order valence-electron chi connectivity index (χ1n) is 5.90. The van der Waals surface area contributed by atoms with Crippen LogP contribution in [0.4, 0.5) is 5.88 Å². The molecule has 0 atom stereocenters. The highest BCUT2D eigenvalue weighted by atomic mass is 16.6. The maximum atomic E-state index is 11.2. The van der Waals surface area contributed by atoms with Crippen LogP contribution in [0, 0.1) is 17.0 Å². The molecule has 0 unspecified atom stereocenters. The minimum atomic E-state index is -0.475. The zero-order chi connectivity index (χ0) is 13.4. The number of furan rings is 1. The molecule has 0 radical (unpaired) electrons. The van der Waals surface area contributed by atoms with Gasteiger partial charge in [-0.2, -0.15) is 0 Å². The summed E-state index contributed by atoms with van der Waals surface area (Å²) in [6, 6.07) is 14.9. The van der Waals surface area contributed by atoms with E-state index in [2.05, 4.69) is 0 Å². The summed E-state index contributed by atoms with van der Waals surface area (Å²) in [5.74, 6) is -0.202. The molecule has 0 fully saturated rings. The number of nitrogens with zero attached hydrogens (tertiary/aromatic N) is 1. The summed E-state index contributed by atoms with van der Waals surface area (Å²) in [6.45, 7) is 1.93. The van der Waals surface area contributed by atoms with Gasteiger partial charge < -0.3 is 4.42 Å². The van der Waals surface area contributed by atoms with Crippen molar-refractivity contribution in [3.8, 4) is 11.1 Å². The molecule has 1 aromatic heterocycles.